The third kappa shape index (κ3) is 31.4. The quantitative estimate of drug-likeness (QED) is 0.0244. The molecule has 8 rings (SSSR count). The van der Waals surface area contributed by atoms with Crippen LogP contribution in [0.1, 0.15) is 185 Å². The highest BCUT2D eigenvalue weighted by Crippen LogP contribution is 2.25. The van der Waals surface area contributed by atoms with E-state index in [9.17, 15) is 53.1 Å². The van der Waals surface area contributed by atoms with Crippen LogP contribution in [-0.2, 0) is 102 Å². The molecular weight excluding hydrogens is 1740 g/mol. The number of H-pyrrole nitrogens is 4. The highest BCUT2D eigenvalue weighted by atomic mass is 16.3. The number of para-hydroxylation sites is 3. The zero-order valence-electron chi connectivity index (χ0n) is 81.3. The highest BCUT2D eigenvalue weighted by molar-refractivity contribution is 6.02. The summed E-state index contributed by atoms with van der Waals surface area (Å²) in [6, 6.07) is 3.92. The number of aromatic nitrogens is 4. The number of carbonyl (C=O) groups is 16. The molecule has 0 spiro atoms. The first-order valence-corrected chi connectivity index (χ1v) is 47.3. The van der Waals surface area contributed by atoms with Crippen LogP contribution >= 0.6 is 0 Å². The molecule has 3 aromatic carbocycles. The summed E-state index contributed by atoms with van der Waals surface area (Å²) in [6.45, 7) is 29.8. The van der Waals surface area contributed by atoms with Crippen molar-refractivity contribution in [2.24, 2.45) is 47.3 Å². The normalized spacial score (nSPS) is 15.1. The van der Waals surface area contributed by atoms with Crippen molar-refractivity contribution in [2.45, 2.75) is 273 Å². The Morgan fingerprint density at radius 2 is 0.618 bits per heavy atom. The van der Waals surface area contributed by atoms with Crippen molar-refractivity contribution in [3.8, 4) is 0 Å². The van der Waals surface area contributed by atoms with E-state index in [1.54, 1.807) is 100 Å². The molecular formula is C99H142N20O17. The number of aliphatic hydroxyl groups is 1. The molecule has 37 heteroatoms. The van der Waals surface area contributed by atoms with Gasteiger partial charge in [-0.1, -0.05) is 178 Å². The standard InChI is InChI=1S/C99H142N20O17/c1-51(2)37-73(109-86(123)59(17)107-81(122)49-105-96(133)82(55(9)10)106-50-121)89(126)108-60(18)87(124)117-84(57(13)14)98(135)119-85(58(15)16)99(136)118-83(56(11)12)97(134)116-80(44-64-48-104-72-34-26-22-30-68(64)72)95(132)112-76(40-54(7)8)92(129)115-79(43-63-47-103-71-33-25-21-29-67(63)71)94(131)111-75(39-53(5)6)91(128)114-78(42-62-46-102-70-32-24-20-28-66(62)70)93(130)110-74(38-52(3)4)90(127)113-77(88(125)100-35-36-120)41-61-45-101-69-31-23-19-27-65(61)69/h19,21-23,25-34,45-48,50-60,73-80,82-85,101-104,120H,20,24,35-44,49H2,1-18H3,(H,100,125)(H,105,133)(H,106,121)(H,107,122)(H,108,126)(H,109,123)(H,110,130)(H,111,131)(H,112,132)(H,113,127)(H,114,128)(H,115,129)(H,116,134)(H,117,124)(H,118,136)(H,119,135)/t59-,60-,73+,74+,75+,76+,77-,78-,79-,80-,82-,83-,84+,85-/m0/s1. The van der Waals surface area contributed by atoms with E-state index in [2.05, 4.69) is 105 Å². The monoisotopic (exact) mass is 1880 g/mol. The first-order chi connectivity index (χ1) is 64.4. The Labute approximate surface area is 793 Å². The summed E-state index contributed by atoms with van der Waals surface area (Å²) in [5.74, 6) is -14.5. The number of carbonyl (C=O) groups excluding carboxylic acids is 16. The van der Waals surface area contributed by atoms with E-state index in [0.717, 1.165) is 38.8 Å². The number of aromatic amines is 4. The number of benzene rings is 3. The molecule has 1 aliphatic carbocycles. The smallest absolute Gasteiger partial charge is 0.243 e. The van der Waals surface area contributed by atoms with Gasteiger partial charge in [-0.25, -0.2) is 0 Å². The molecule has 740 valence electrons. The fourth-order valence-electron chi connectivity index (χ4n) is 16.5. The molecule has 37 nitrogen and oxygen atoms in total. The average Bonchev–Trinajstić information content (AvgIpc) is 1.68. The van der Waals surface area contributed by atoms with E-state index in [1.165, 1.54) is 13.8 Å². The molecule has 136 heavy (non-hydrogen) atoms. The predicted octanol–water partition coefficient (Wildman–Crippen LogP) is 2.57. The lowest BCUT2D eigenvalue weighted by molar-refractivity contribution is -0.137. The first kappa shape index (κ1) is 108. The Hall–Kier alpha value is -13.2. The van der Waals surface area contributed by atoms with Crippen LogP contribution in [0, 0.1) is 47.3 Å². The van der Waals surface area contributed by atoms with E-state index in [4.69, 9.17) is 0 Å². The zero-order valence-corrected chi connectivity index (χ0v) is 81.3. The second kappa shape index (κ2) is 51.5. The molecule has 0 fully saturated rings. The molecule has 0 unspecified atom stereocenters. The third-order valence-corrected chi connectivity index (χ3v) is 23.8. The van der Waals surface area contributed by atoms with Gasteiger partial charge in [0.1, 0.15) is 84.6 Å². The molecule has 0 bridgehead atoms. The van der Waals surface area contributed by atoms with Crippen LogP contribution < -0.4 is 95.6 Å². The SMILES string of the molecule is CC(C)C[C@@H](NC(=O)[C@H](C)NC(=O)CNC(=O)[C@@H](NC=O)C(C)C)C(=O)N[C@@H](C)C(=O)N[C@@H](C(=O)N[C@H](C(=O)N[C@H](C(=O)N[C@@H](Cc1c[nH]c2ccccc12)C(=O)N[C@H](CC(C)C)C(=O)N[C@@H](Cc1c[nH]c2ccccc12)C(=O)N[C@H](CC(C)C)C(=O)N[C@@H](Cc1c[nH]c2c1=CCCC=2)C(=O)N[C@H](CC(C)C)C(=O)N[C@@H](Cc1c[nH]c2ccccc12)C(=O)NCCO)C(C)C)C(C)C)C(C)C. The van der Waals surface area contributed by atoms with E-state index in [0.29, 0.717) is 45.9 Å². The second-order valence-electron chi connectivity index (χ2n) is 38.5. The van der Waals surface area contributed by atoms with Crippen LogP contribution in [0.5, 0.6) is 0 Å². The molecule has 4 heterocycles. The van der Waals surface area contributed by atoms with Gasteiger partial charge in [0, 0.05) is 95.1 Å². The van der Waals surface area contributed by atoms with Crippen molar-refractivity contribution in [1.82, 2.24) is 105 Å². The summed E-state index contributed by atoms with van der Waals surface area (Å²) in [4.78, 5) is 242. The lowest BCUT2D eigenvalue weighted by Crippen LogP contribution is -2.62. The number of nitrogens with one attached hydrogen (secondary N) is 20. The second-order valence-corrected chi connectivity index (χ2v) is 38.5. The summed E-state index contributed by atoms with van der Waals surface area (Å²) >= 11 is 0. The summed E-state index contributed by atoms with van der Waals surface area (Å²) < 4.78 is 0. The Bertz CT molecular complexity index is 5470. The van der Waals surface area contributed by atoms with Gasteiger partial charge in [-0.05, 0) is 145 Å². The third-order valence-electron chi connectivity index (χ3n) is 23.8. The predicted molar refractivity (Wildman–Crippen MR) is 518 cm³/mol. The molecule has 1 aliphatic rings. The molecule has 16 amide bonds. The Morgan fingerprint density at radius 3 is 0.993 bits per heavy atom. The minimum Gasteiger partial charge on any atom is -0.395 e. The van der Waals surface area contributed by atoms with E-state index in [-0.39, 0.29) is 94.1 Å². The van der Waals surface area contributed by atoms with Crippen LogP contribution in [0.15, 0.2) is 97.6 Å². The van der Waals surface area contributed by atoms with Crippen molar-refractivity contribution in [3.05, 3.63) is 130 Å². The van der Waals surface area contributed by atoms with Crippen molar-refractivity contribution in [3.63, 3.8) is 0 Å². The van der Waals surface area contributed by atoms with Gasteiger partial charge < -0.3 is 110 Å². The number of amides is 16. The maximum absolute atomic E-state index is 15.6. The van der Waals surface area contributed by atoms with Crippen LogP contribution in [-0.4, -0.2) is 224 Å². The van der Waals surface area contributed by atoms with Crippen molar-refractivity contribution < 1.29 is 81.8 Å². The zero-order chi connectivity index (χ0) is 100. The van der Waals surface area contributed by atoms with Gasteiger partial charge >= 0.3 is 0 Å². The van der Waals surface area contributed by atoms with Crippen LogP contribution in [0.4, 0.5) is 0 Å². The fraction of sp³-hybridized carbons (Fsp3) is 0.535. The van der Waals surface area contributed by atoms with E-state index >= 15 is 28.8 Å². The summed E-state index contributed by atoms with van der Waals surface area (Å²) in [5, 5.41) is 57.5. The minimum atomic E-state index is -1.47. The van der Waals surface area contributed by atoms with Gasteiger partial charge in [-0.15, -0.1) is 0 Å². The molecule has 0 saturated carbocycles. The number of hydrogen-bond donors (Lipinski definition) is 21. The lowest BCUT2D eigenvalue weighted by Gasteiger charge is -2.31. The average molecular weight is 1880 g/mol. The van der Waals surface area contributed by atoms with Gasteiger partial charge in [0.15, 0.2) is 0 Å². The van der Waals surface area contributed by atoms with Crippen molar-refractivity contribution in [2.75, 3.05) is 19.7 Å². The van der Waals surface area contributed by atoms with Gasteiger partial charge in [-0.2, -0.15) is 0 Å². The van der Waals surface area contributed by atoms with Gasteiger partial charge in [-0.3, -0.25) is 76.7 Å². The maximum Gasteiger partial charge on any atom is 0.243 e. The number of rotatable bonds is 53. The lowest BCUT2D eigenvalue weighted by atomic mass is 9.97. The topological polar surface area (TPSA) is 549 Å². The number of aliphatic hydroxyl groups excluding tert-OH is 1. The molecule has 4 aromatic heterocycles. The van der Waals surface area contributed by atoms with Crippen LogP contribution in [0.2, 0.25) is 0 Å². The van der Waals surface area contributed by atoms with Crippen LogP contribution in [0.3, 0.4) is 0 Å². The maximum atomic E-state index is 15.6. The Morgan fingerprint density at radius 1 is 0.316 bits per heavy atom. The number of fused-ring (bicyclic) bond motifs is 4. The summed E-state index contributed by atoms with van der Waals surface area (Å²) in [6.07, 6.45) is 12.7. The highest BCUT2D eigenvalue weighted by Gasteiger charge is 2.41. The summed E-state index contributed by atoms with van der Waals surface area (Å²) in [7, 11) is 0. The molecule has 0 radical (unpaired) electrons. The summed E-state index contributed by atoms with van der Waals surface area (Å²) in [5.41, 5.74) is 4.84. The fourth-order valence-corrected chi connectivity index (χ4v) is 16.5. The van der Waals surface area contributed by atoms with Gasteiger partial charge in [0.25, 0.3) is 0 Å². The van der Waals surface area contributed by atoms with E-state index in [1.807, 2.05) is 120 Å². The largest absolute Gasteiger partial charge is 0.395 e. The van der Waals surface area contributed by atoms with Crippen molar-refractivity contribution in [1.29, 1.82) is 0 Å². The first-order valence-electron chi connectivity index (χ1n) is 47.3. The molecule has 7 aromatic rings. The Kier molecular flexibility index (Phi) is 40.9. The Balaban J connectivity index is 1.00. The van der Waals surface area contributed by atoms with Gasteiger partial charge in [0.05, 0.1) is 13.2 Å². The van der Waals surface area contributed by atoms with E-state index < -0.39 is 197 Å². The molecule has 21 N–H and O–H groups in total. The molecule has 14 atom stereocenters. The number of hydrogen-bond acceptors (Lipinski definition) is 17. The molecule has 0 saturated heterocycles. The van der Waals surface area contributed by atoms with Crippen molar-refractivity contribution >= 4 is 140 Å². The van der Waals surface area contributed by atoms with Gasteiger partial charge in [0.2, 0.25) is 95.0 Å². The van der Waals surface area contributed by atoms with Crippen LogP contribution in [0.25, 0.3) is 44.9 Å². The minimum absolute atomic E-state index is 0.00898. The molecule has 0 aliphatic heterocycles.